The lowest BCUT2D eigenvalue weighted by molar-refractivity contribution is -0.120. The van der Waals surface area contributed by atoms with Gasteiger partial charge in [-0.25, -0.2) is 0 Å². The molecule has 0 heterocycles. The fourth-order valence-corrected chi connectivity index (χ4v) is 1.21. The van der Waals surface area contributed by atoms with E-state index in [4.69, 9.17) is 5.11 Å². The maximum absolute atomic E-state index is 11.1. The molecule has 0 radical (unpaired) electrons. The van der Waals surface area contributed by atoms with E-state index < -0.39 is 0 Å². The SMILES string of the molecule is CCNC(=O)CCc1ccc(O)cc1. The second kappa shape index (κ2) is 5.27. The van der Waals surface area contributed by atoms with Crippen molar-refractivity contribution >= 4 is 5.91 Å². The average molecular weight is 193 g/mol. The lowest BCUT2D eigenvalue weighted by atomic mass is 10.1. The van der Waals surface area contributed by atoms with E-state index in [1.54, 1.807) is 12.1 Å². The van der Waals surface area contributed by atoms with Crippen LogP contribution in [0.15, 0.2) is 24.3 Å². The van der Waals surface area contributed by atoms with Gasteiger partial charge in [-0.05, 0) is 31.0 Å². The monoisotopic (exact) mass is 193 g/mol. The van der Waals surface area contributed by atoms with Gasteiger partial charge in [-0.2, -0.15) is 0 Å². The van der Waals surface area contributed by atoms with Gasteiger partial charge < -0.3 is 10.4 Å². The van der Waals surface area contributed by atoms with E-state index in [0.717, 1.165) is 5.56 Å². The van der Waals surface area contributed by atoms with Crippen molar-refractivity contribution in [1.82, 2.24) is 5.32 Å². The van der Waals surface area contributed by atoms with Crippen molar-refractivity contribution in [2.75, 3.05) is 6.54 Å². The van der Waals surface area contributed by atoms with Crippen LogP contribution >= 0.6 is 0 Å². The summed E-state index contributed by atoms with van der Waals surface area (Å²) in [5, 5.41) is 11.8. The first-order chi connectivity index (χ1) is 6.72. The molecule has 0 unspecified atom stereocenters. The molecule has 0 fully saturated rings. The molecule has 0 saturated heterocycles. The topological polar surface area (TPSA) is 49.3 Å². The number of carbonyl (C=O) groups is 1. The lowest BCUT2D eigenvalue weighted by Crippen LogP contribution is -2.22. The molecule has 76 valence electrons. The molecule has 0 saturated carbocycles. The predicted octanol–water partition coefficient (Wildman–Crippen LogP) is 1.46. The number of rotatable bonds is 4. The van der Waals surface area contributed by atoms with Crippen molar-refractivity contribution in [3.8, 4) is 5.75 Å². The van der Waals surface area contributed by atoms with Gasteiger partial charge in [0.15, 0.2) is 0 Å². The van der Waals surface area contributed by atoms with E-state index in [2.05, 4.69) is 5.32 Å². The van der Waals surface area contributed by atoms with Crippen LogP contribution in [0.2, 0.25) is 0 Å². The van der Waals surface area contributed by atoms with Crippen molar-refractivity contribution in [3.63, 3.8) is 0 Å². The van der Waals surface area contributed by atoms with E-state index >= 15 is 0 Å². The number of carbonyl (C=O) groups excluding carboxylic acids is 1. The first-order valence-corrected chi connectivity index (χ1v) is 4.77. The molecule has 0 aliphatic rings. The molecular weight excluding hydrogens is 178 g/mol. The molecule has 1 amide bonds. The van der Waals surface area contributed by atoms with Crippen molar-refractivity contribution in [3.05, 3.63) is 29.8 Å². The summed E-state index contributed by atoms with van der Waals surface area (Å²) < 4.78 is 0. The highest BCUT2D eigenvalue weighted by Crippen LogP contribution is 2.10. The quantitative estimate of drug-likeness (QED) is 0.760. The molecular formula is C11H15NO2. The number of hydrogen-bond donors (Lipinski definition) is 2. The zero-order chi connectivity index (χ0) is 10.4. The number of aromatic hydroxyl groups is 1. The fraction of sp³-hybridized carbons (Fsp3) is 0.364. The van der Waals surface area contributed by atoms with Crippen molar-refractivity contribution in [2.45, 2.75) is 19.8 Å². The Hall–Kier alpha value is -1.51. The number of phenols is 1. The molecule has 2 N–H and O–H groups in total. The van der Waals surface area contributed by atoms with E-state index in [1.165, 1.54) is 0 Å². The van der Waals surface area contributed by atoms with Gasteiger partial charge in [0.2, 0.25) is 5.91 Å². The Morgan fingerprint density at radius 3 is 2.57 bits per heavy atom. The van der Waals surface area contributed by atoms with Gasteiger partial charge in [-0.1, -0.05) is 12.1 Å². The number of aryl methyl sites for hydroxylation is 1. The van der Waals surface area contributed by atoms with Crippen LogP contribution in [-0.4, -0.2) is 17.6 Å². The minimum atomic E-state index is 0.0700. The Labute approximate surface area is 83.8 Å². The molecule has 0 bridgehead atoms. The van der Waals surface area contributed by atoms with E-state index in [-0.39, 0.29) is 11.7 Å². The number of benzene rings is 1. The van der Waals surface area contributed by atoms with Gasteiger partial charge in [-0.15, -0.1) is 0 Å². The third-order valence-electron chi connectivity index (χ3n) is 1.95. The van der Waals surface area contributed by atoms with Gasteiger partial charge in [0.05, 0.1) is 0 Å². The van der Waals surface area contributed by atoms with Crippen LogP contribution in [0.1, 0.15) is 18.9 Å². The molecule has 14 heavy (non-hydrogen) atoms. The van der Waals surface area contributed by atoms with Crippen LogP contribution in [0.25, 0.3) is 0 Å². The summed E-state index contributed by atoms with van der Waals surface area (Å²) in [6.45, 7) is 2.58. The van der Waals surface area contributed by atoms with E-state index in [1.807, 2.05) is 19.1 Å². The van der Waals surface area contributed by atoms with E-state index in [9.17, 15) is 4.79 Å². The number of amides is 1. The Morgan fingerprint density at radius 2 is 2.00 bits per heavy atom. The molecule has 3 nitrogen and oxygen atoms in total. The largest absolute Gasteiger partial charge is 0.508 e. The number of nitrogens with one attached hydrogen (secondary N) is 1. The van der Waals surface area contributed by atoms with Gasteiger partial charge in [-0.3, -0.25) is 4.79 Å². The maximum atomic E-state index is 11.1. The van der Waals surface area contributed by atoms with Crippen LogP contribution in [0.3, 0.4) is 0 Å². The first kappa shape index (κ1) is 10.6. The summed E-state index contributed by atoms with van der Waals surface area (Å²) in [5.41, 5.74) is 1.06. The van der Waals surface area contributed by atoms with Crippen LogP contribution in [0, 0.1) is 0 Å². The zero-order valence-corrected chi connectivity index (χ0v) is 8.29. The summed E-state index contributed by atoms with van der Waals surface area (Å²) in [4.78, 5) is 11.1. The smallest absolute Gasteiger partial charge is 0.220 e. The number of phenolic OH excluding ortho intramolecular Hbond substituents is 1. The van der Waals surface area contributed by atoms with Crippen molar-refractivity contribution in [2.24, 2.45) is 0 Å². The second-order valence-corrected chi connectivity index (χ2v) is 3.12. The standard InChI is InChI=1S/C11H15NO2/c1-2-12-11(14)8-5-9-3-6-10(13)7-4-9/h3-4,6-7,13H,2,5,8H2,1H3,(H,12,14). The summed E-state index contributed by atoms with van der Waals surface area (Å²) in [7, 11) is 0. The third-order valence-corrected chi connectivity index (χ3v) is 1.95. The van der Waals surface area contributed by atoms with Crippen molar-refractivity contribution in [1.29, 1.82) is 0 Å². The molecule has 1 aromatic carbocycles. The summed E-state index contributed by atoms with van der Waals surface area (Å²) in [6, 6.07) is 6.92. The Kier molecular flexibility index (Phi) is 3.98. The average Bonchev–Trinajstić information content (AvgIpc) is 2.17. The fourth-order valence-electron chi connectivity index (χ4n) is 1.21. The minimum absolute atomic E-state index is 0.0700. The Bertz CT molecular complexity index is 293. The van der Waals surface area contributed by atoms with Crippen LogP contribution in [-0.2, 0) is 11.2 Å². The van der Waals surface area contributed by atoms with Crippen LogP contribution in [0.5, 0.6) is 5.75 Å². The molecule has 0 aromatic heterocycles. The van der Waals surface area contributed by atoms with Gasteiger partial charge in [0.1, 0.15) is 5.75 Å². The summed E-state index contributed by atoms with van der Waals surface area (Å²) in [6.07, 6.45) is 1.21. The minimum Gasteiger partial charge on any atom is -0.508 e. The van der Waals surface area contributed by atoms with E-state index in [0.29, 0.717) is 19.4 Å². The molecule has 0 aliphatic heterocycles. The van der Waals surface area contributed by atoms with Gasteiger partial charge in [0.25, 0.3) is 0 Å². The summed E-state index contributed by atoms with van der Waals surface area (Å²) in [5.74, 6) is 0.326. The predicted molar refractivity (Wildman–Crippen MR) is 55.1 cm³/mol. The molecule has 0 aliphatic carbocycles. The maximum Gasteiger partial charge on any atom is 0.220 e. The highest BCUT2D eigenvalue weighted by molar-refractivity contribution is 5.76. The van der Waals surface area contributed by atoms with Gasteiger partial charge >= 0.3 is 0 Å². The Morgan fingerprint density at radius 1 is 1.36 bits per heavy atom. The summed E-state index contributed by atoms with van der Waals surface area (Å²) >= 11 is 0. The molecule has 3 heteroatoms. The number of hydrogen-bond acceptors (Lipinski definition) is 2. The molecule has 0 atom stereocenters. The van der Waals surface area contributed by atoms with Crippen LogP contribution < -0.4 is 5.32 Å². The highest BCUT2D eigenvalue weighted by atomic mass is 16.3. The Balaban J connectivity index is 2.38. The normalized spacial score (nSPS) is 9.79. The third kappa shape index (κ3) is 3.47. The first-order valence-electron chi connectivity index (χ1n) is 4.77. The second-order valence-electron chi connectivity index (χ2n) is 3.12. The lowest BCUT2D eigenvalue weighted by Gasteiger charge is -2.02. The van der Waals surface area contributed by atoms with Gasteiger partial charge in [0, 0.05) is 13.0 Å². The molecule has 1 aromatic rings. The molecule has 0 spiro atoms. The highest BCUT2D eigenvalue weighted by Gasteiger charge is 2.00. The van der Waals surface area contributed by atoms with Crippen LogP contribution in [0.4, 0.5) is 0 Å². The molecule has 1 rings (SSSR count). The van der Waals surface area contributed by atoms with Crippen molar-refractivity contribution < 1.29 is 9.90 Å². The zero-order valence-electron chi connectivity index (χ0n) is 8.29.